The third-order valence-corrected chi connectivity index (χ3v) is 5.13. The monoisotopic (exact) mass is 415 g/mol. The second-order valence-corrected chi connectivity index (χ2v) is 7.12. The van der Waals surface area contributed by atoms with Gasteiger partial charge in [-0.05, 0) is 40.5 Å². The van der Waals surface area contributed by atoms with E-state index in [4.69, 9.17) is 10.2 Å². The van der Waals surface area contributed by atoms with E-state index in [2.05, 4.69) is 36.6 Å². The Morgan fingerprint density at radius 1 is 1.37 bits per heavy atom. The predicted molar refractivity (Wildman–Crippen MR) is 75.3 cm³/mol. The fourth-order valence-corrected chi connectivity index (χ4v) is 3.76. The molecule has 0 fully saturated rings. The highest BCUT2D eigenvalue weighted by Crippen LogP contribution is 2.25. The molecule has 0 radical (unpaired) electrons. The predicted octanol–water partition coefficient (Wildman–Crippen LogP) is 1.33. The van der Waals surface area contributed by atoms with Crippen LogP contribution in [-0.4, -0.2) is 37.2 Å². The van der Waals surface area contributed by atoms with Crippen LogP contribution in [0.1, 0.15) is 6.42 Å². The van der Waals surface area contributed by atoms with Gasteiger partial charge in [0.15, 0.2) is 6.10 Å². The van der Waals surface area contributed by atoms with Crippen molar-refractivity contribution in [1.29, 1.82) is 0 Å². The molecule has 9 heteroatoms. The maximum Gasteiger partial charge on any atom is 0.332 e. The number of halogens is 2. The number of carboxylic acid groups (broad SMARTS) is 1. The summed E-state index contributed by atoms with van der Waals surface area (Å²) in [7, 11) is -3.77. The van der Waals surface area contributed by atoms with Crippen LogP contribution in [0, 0.1) is 0 Å². The van der Waals surface area contributed by atoms with Crippen LogP contribution in [0.2, 0.25) is 0 Å². The van der Waals surface area contributed by atoms with Gasteiger partial charge in [0.05, 0.1) is 4.90 Å². The first-order valence-corrected chi connectivity index (χ1v) is 8.16. The lowest BCUT2D eigenvalue weighted by molar-refractivity contribution is -0.146. The van der Waals surface area contributed by atoms with E-state index in [-0.39, 0.29) is 17.9 Å². The van der Waals surface area contributed by atoms with Gasteiger partial charge in [-0.15, -0.1) is 0 Å². The van der Waals surface area contributed by atoms with Crippen molar-refractivity contribution in [3.63, 3.8) is 0 Å². The van der Waals surface area contributed by atoms with Crippen LogP contribution in [0.4, 0.5) is 0 Å². The summed E-state index contributed by atoms with van der Waals surface area (Å²) < 4.78 is 27.1. The molecule has 0 heterocycles. The van der Waals surface area contributed by atoms with Crippen LogP contribution in [0.15, 0.2) is 32.0 Å². The first-order chi connectivity index (χ1) is 8.74. The molecule has 6 nitrogen and oxygen atoms in total. The van der Waals surface area contributed by atoms with E-state index < -0.39 is 22.1 Å². The summed E-state index contributed by atoms with van der Waals surface area (Å²) in [5, 5.41) is 17.5. The average Bonchev–Trinajstić information content (AvgIpc) is 2.31. The number of carboxylic acids is 1. The lowest BCUT2D eigenvalue weighted by Gasteiger charge is -2.10. The van der Waals surface area contributed by atoms with Gasteiger partial charge in [0, 0.05) is 15.5 Å². The van der Waals surface area contributed by atoms with Crippen molar-refractivity contribution in [3.8, 4) is 0 Å². The second kappa shape index (κ2) is 6.80. The number of aliphatic hydroxyl groups is 1. The van der Waals surface area contributed by atoms with Gasteiger partial charge in [0.25, 0.3) is 0 Å². The molecule has 19 heavy (non-hydrogen) atoms. The van der Waals surface area contributed by atoms with Crippen molar-refractivity contribution in [1.82, 2.24) is 4.72 Å². The van der Waals surface area contributed by atoms with E-state index in [0.29, 0.717) is 8.95 Å². The molecule has 0 saturated heterocycles. The molecule has 0 aliphatic carbocycles. The van der Waals surface area contributed by atoms with Crippen LogP contribution in [0.3, 0.4) is 0 Å². The van der Waals surface area contributed by atoms with Crippen LogP contribution < -0.4 is 4.72 Å². The number of hydrogen-bond acceptors (Lipinski definition) is 4. The minimum Gasteiger partial charge on any atom is -0.479 e. The number of aliphatic hydroxyl groups excluding tert-OH is 1. The highest BCUT2D eigenvalue weighted by atomic mass is 79.9. The Bertz CT molecular complexity index is 575. The summed E-state index contributed by atoms with van der Waals surface area (Å²) >= 11 is 6.30. The van der Waals surface area contributed by atoms with Crippen molar-refractivity contribution < 1.29 is 23.4 Å². The van der Waals surface area contributed by atoms with Crippen molar-refractivity contribution in [2.75, 3.05) is 6.54 Å². The van der Waals surface area contributed by atoms with Gasteiger partial charge in [-0.3, -0.25) is 0 Å². The van der Waals surface area contributed by atoms with Gasteiger partial charge < -0.3 is 10.2 Å². The molecule has 0 saturated carbocycles. The van der Waals surface area contributed by atoms with E-state index in [1.807, 2.05) is 0 Å². The van der Waals surface area contributed by atoms with Gasteiger partial charge >= 0.3 is 5.97 Å². The molecular formula is C10H11Br2NO5S. The van der Waals surface area contributed by atoms with Gasteiger partial charge in [0.2, 0.25) is 10.0 Å². The molecule has 0 bridgehead atoms. The number of sulfonamides is 1. The molecule has 0 aliphatic heterocycles. The molecular weight excluding hydrogens is 406 g/mol. The summed E-state index contributed by atoms with van der Waals surface area (Å²) in [6.45, 7) is -0.172. The Balaban J connectivity index is 2.76. The number of carbonyl (C=O) groups is 1. The van der Waals surface area contributed by atoms with E-state index in [0.717, 1.165) is 0 Å². The molecule has 106 valence electrons. The first kappa shape index (κ1) is 16.6. The third-order valence-electron chi connectivity index (χ3n) is 2.18. The summed E-state index contributed by atoms with van der Waals surface area (Å²) in [6.07, 6.45) is -1.80. The van der Waals surface area contributed by atoms with E-state index >= 15 is 0 Å². The van der Waals surface area contributed by atoms with Crippen molar-refractivity contribution in [2.45, 2.75) is 17.4 Å². The second-order valence-electron chi connectivity index (χ2n) is 3.62. The zero-order valence-corrected chi connectivity index (χ0v) is 13.5. The summed E-state index contributed by atoms with van der Waals surface area (Å²) in [6, 6.07) is 4.67. The fourth-order valence-electron chi connectivity index (χ4n) is 1.21. The SMILES string of the molecule is O=C(O)[C@@H](O)CCNS(=O)(=O)c1cc(Br)ccc1Br. The third kappa shape index (κ3) is 4.84. The highest BCUT2D eigenvalue weighted by molar-refractivity contribution is 9.11. The van der Waals surface area contributed by atoms with Crippen LogP contribution >= 0.6 is 31.9 Å². The van der Waals surface area contributed by atoms with Gasteiger partial charge in [-0.1, -0.05) is 15.9 Å². The Hall–Kier alpha value is -0.480. The largest absolute Gasteiger partial charge is 0.479 e. The van der Waals surface area contributed by atoms with E-state index in [9.17, 15) is 13.2 Å². The number of nitrogens with one attached hydrogen (secondary N) is 1. The Kier molecular flexibility index (Phi) is 5.93. The zero-order valence-electron chi connectivity index (χ0n) is 9.51. The maximum atomic E-state index is 12.0. The minimum atomic E-state index is -3.77. The summed E-state index contributed by atoms with van der Waals surface area (Å²) in [5.41, 5.74) is 0. The number of rotatable bonds is 6. The van der Waals surface area contributed by atoms with Crippen LogP contribution in [0.5, 0.6) is 0 Å². The van der Waals surface area contributed by atoms with Crippen molar-refractivity contribution in [3.05, 3.63) is 27.1 Å². The summed E-state index contributed by atoms with van der Waals surface area (Å²) in [4.78, 5) is 10.4. The molecule has 1 aromatic carbocycles. The lowest BCUT2D eigenvalue weighted by Crippen LogP contribution is -2.30. The van der Waals surface area contributed by atoms with E-state index in [1.54, 1.807) is 12.1 Å². The topological polar surface area (TPSA) is 104 Å². The van der Waals surface area contributed by atoms with Crippen molar-refractivity contribution in [2.24, 2.45) is 0 Å². The van der Waals surface area contributed by atoms with E-state index in [1.165, 1.54) is 6.07 Å². The minimum absolute atomic E-state index is 0.0340. The van der Waals surface area contributed by atoms with Gasteiger partial charge in [-0.2, -0.15) is 0 Å². The Labute approximate surface area is 127 Å². The summed E-state index contributed by atoms with van der Waals surface area (Å²) in [5.74, 6) is -1.39. The normalized spacial score (nSPS) is 13.2. The zero-order chi connectivity index (χ0) is 14.6. The molecule has 0 spiro atoms. The molecule has 1 rings (SSSR count). The smallest absolute Gasteiger partial charge is 0.332 e. The number of aliphatic carboxylic acids is 1. The number of benzene rings is 1. The van der Waals surface area contributed by atoms with Gasteiger partial charge in [-0.25, -0.2) is 17.9 Å². The highest BCUT2D eigenvalue weighted by Gasteiger charge is 2.19. The maximum absolute atomic E-state index is 12.0. The molecule has 3 N–H and O–H groups in total. The molecule has 0 aromatic heterocycles. The van der Waals surface area contributed by atoms with Crippen LogP contribution in [0.25, 0.3) is 0 Å². The average molecular weight is 417 g/mol. The molecule has 1 aromatic rings. The molecule has 0 aliphatic rings. The first-order valence-electron chi connectivity index (χ1n) is 5.09. The fraction of sp³-hybridized carbons (Fsp3) is 0.300. The molecule has 1 atom stereocenters. The molecule has 0 unspecified atom stereocenters. The lowest BCUT2D eigenvalue weighted by atomic mass is 10.3. The quantitative estimate of drug-likeness (QED) is 0.648. The van der Waals surface area contributed by atoms with Crippen molar-refractivity contribution >= 4 is 47.9 Å². The van der Waals surface area contributed by atoms with Crippen LogP contribution in [-0.2, 0) is 14.8 Å². The standard InChI is InChI=1S/C10H11Br2NO5S/c11-6-1-2-7(12)9(5-6)19(17,18)13-4-3-8(14)10(15)16/h1-2,5,8,13-14H,3-4H2,(H,15,16)/t8-/m0/s1. The van der Waals surface area contributed by atoms with Gasteiger partial charge in [0.1, 0.15) is 0 Å². The Morgan fingerprint density at radius 3 is 2.58 bits per heavy atom. The Morgan fingerprint density at radius 2 is 2.00 bits per heavy atom. The number of hydrogen-bond donors (Lipinski definition) is 3. The molecule has 0 amide bonds.